The third-order valence-corrected chi connectivity index (χ3v) is 3.33. The van der Waals surface area contributed by atoms with Crippen LogP contribution in [0, 0.1) is 6.92 Å². The summed E-state index contributed by atoms with van der Waals surface area (Å²) in [6.07, 6.45) is 1.98. The Bertz CT molecular complexity index is 555. The van der Waals surface area contributed by atoms with Gasteiger partial charge < -0.3 is 10.5 Å². The molecular weight excluding hydrogens is 246 g/mol. The highest BCUT2D eigenvalue weighted by atomic mass is 32.2. The first-order valence-electron chi connectivity index (χ1n) is 5.48. The van der Waals surface area contributed by atoms with Gasteiger partial charge in [0.25, 0.3) is 0 Å². The number of anilines is 1. The average Bonchev–Trinajstić information content (AvgIpc) is 2.38. The summed E-state index contributed by atoms with van der Waals surface area (Å²) in [6, 6.07) is 7.85. The number of aryl methyl sites for hydroxylation is 1. The van der Waals surface area contributed by atoms with Crippen LogP contribution < -0.4 is 10.5 Å². The van der Waals surface area contributed by atoms with Crippen LogP contribution in [-0.4, -0.2) is 23.3 Å². The molecule has 18 heavy (non-hydrogen) atoms. The SMILES string of the molecule is COc1ccc(-c2c(C)nc(N)nc2SC)cc1. The van der Waals surface area contributed by atoms with Crippen molar-refractivity contribution in [2.75, 3.05) is 19.1 Å². The standard InChI is InChI=1S/C13H15N3OS/c1-8-11(12(18-3)16-13(14)15-8)9-4-6-10(17-2)7-5-9/h4-7H,1-3H3,(H2,14,15,16). The van der Waals surface area contributed by atoms with Crippen molar-refractivity contribution in [3.8, 4) is 16.9 Å². The molecule has 2 N–H and O–H groups in total. The van der Waals surface area contributed by atoms with Gasteiger partial charge in [-0.3, -0.25) is 0 Å². The lowest BCUT2D eigenvalue weighted by Gasteiger charge is -2.11. The van der Waals surface area contributed by atoms with E-state index >= 15 is 0 Å². The molecule has 1 heterocycles. The van der Waals surface area contributed by atoms with Gasteiger partial charge in [0.2, 0.25) is 5.95 Å². The predicted molar refractivity (Wildman–Crippen MR) is 75.0 cm³/mol. The Balaban J connectivity index is 2.55. The smallest absolute Gasteiger partial charge is 0.221 e. The van der Waals surface area contributed by atoms with Gasteiger partial charge >= 0.3 is 0 Å². The molecule has 0 unspecified atom stereocenters. The highest BCUT2D eigenvalue weighted by Gasteiger charge is 2.12. The summed E-state index contributed by atoms with van der Waals surface area (Å²) in [5.74, 6) is 1.15. The van der Waals surface area contributed by atoms with Gasteiger partial charge in [0.05, 0.1) is 12.8 Å². The number of nitrogens with two attached hydrogens (primary N) is 1. The first kappa shape index (κ1) is 12.7. The quantitative estimate of drug-likeness (QED) is 0.680. The van der Waals surface area contributed by atoms with Crippen molar-refractivity contribution in [3.05, 3.63) is 30.0 Å². The van der Waals surface area contributed by atoms with Gasteiger partial charge in [-0.2, -0.15) is 0 Å². The molecule has 0 fully saturated rings. The molecule has 0 amide bonds. The van der Waals surface area contributed by atoms with Crippen molar-refractivity contribution in [1.29, 1.82) is 0 Å². The molecule has 0 radical (unpaired) electrons. The Kier molecular flexibility index (Phi) is 3.72. The van der Waals surface area contributed by atoms with E-state index in [1.807, 2.05) is 37.4 Å². The largest absolute Gasteiger partial charge is 0.497 e. The molecule has 0 spiro atoms. The minimum absolute atomic E-state index is 0.314. The fourth-order valence-corrected chi connectivity index (χ4v) is 2.46. The summed E-state index contributed by atoms with van der Waals surface area (Å²) in [7, 11) is 1.65. The monoisotopic (exact) mass is 261 g/mol. The van der Waals surface area contributed by atoms with E-state index in [9.17, 15) is 0 Å². The number of methoxy groups -OCH3 is 1. The van der Waals surface area contributed by atoms with E-state index in [2.05, 4.69) is 9.97 Å². The maximum atomic E-state index is 5.67. The molecule has 1 aromatic heterocycles. The number of ether oxygens (including phenoxy) is 1. The number of hydrogen-bond donors (Lipinski definition) is 1. The van der Waals surface area contributed by atoms with E-state index in [0.717, 1.165) is 27.6 Å². The topological polar surface area (TPSA) is 61.0 Å². The number of thioether (sulfide) groups is 1. The Morgan fingerprint density at radius 3 is 2.39 bits per heavy atom. The predicted octanol–water partition coefficient (Wildman–Crippen LogP) is 2.76. The van der Waals surface area contributed by atoms with Crippen LogP contribution in [0.1, 0.15) is 5.69 Å². The van der Waals surface area contributed by atoms with Gasteiger partial charge in [-0.05, 0) is 30.9 Å². The molecule has 0 atom stereocenters. The number of hydrogen-bond acceptors (Lipinski definition) is 5. The maximum absolute atomic E-state index is 5.67. The number of nitrogens with zero attached hydrogens (tertiary/aromatic N) is 2. The summed E-state index contributed by atoms with van der Waals surface area (Å²) >= 11 is 1.57. The van der Waals surface area contributed by atoms with E-state index in [-0.39, 0.29) is 0 Å². The third-order valence-electron chi connectivity index (χ3n) is 2.65. The van der Waals surface area contributed by atoms with Crippen LogP contribution in [-0.2, 0) is 0 Å². The second kappa shape index (κ2) is 5.27. The molecule has 0 saturated carbocycles. The molecule has 2 rings (SSSR count). The number of benzene rings is 1. The van der Waals surface area contributed by atoms with Gasteiger partial charge in [0.1, 0.15) is 10.8 Å². The average molecular weight is 261 g/mol. The van der Waals surface area contributed by atoms with Crippen molar-refractivity contribution in [1.82, 2.24) is 9.97 Å². The van der Waals surface area contributed by atoms with Gasteiger partial charge in [0, 0.05) is 5.56 Å². The highest BCUT2D eigenvalue weighted by molar-refractivity contribution is 7.98. The van der Waals surface area contributed by atoms with Crippen LogP contribution in [0.4, 0.5) is 5.95 Å². The van der Waals surface area contributed by atoms with E-state index in [0.29, 0.717) is 5.95 Å². The van der Waals surface area contributed by atoms with Crippen molar-refractivity contribution in [2.24, 2.45) is 0 Å². The lowest BCUT2D eigenvalue weighted by Crippen LogP contribution is -2.01. The Hall–Kier alpha value is -1.75. The van der Waals surface area contributed by atoms with E-state index < -0.39 is 0 Å². The highest BCUT2D eigenvalue weighted by Crippen LogP contribution is 2.32. The first-order valence-corrected chi connectivity index (χ1v) is 6.70. The summed E-state index contributed by atoms with van der Waals surface area (Å²) in [5, 5.41) is 0.894. The van der Waals surface area contributed by atoms with Gasteiger partial charge in [0.15, 0.2) is 0 Å². The van der Waals surface area contributed by atoms with Crippen LogP contribution in [0.15, 0.2) is 29.3 Å². The van der Waals surface area contributed by atoms with Crippen LogP contribution in [0.5, 0.6) is 5.75 Å². The van der Waals surface area contributed by atoms with E-state index in [4.69, 9.17) is 10.5 Å². The second-order valence-electron chi connectivity index (χ2n) is 3.78. The minimum atomic E-state index is 0.314. The van der Waals surface area contributed by atoms with Crippen LogP contribution in [0.2, 0.25) is 0 Å². The number of nitrogen functional groups attached to an aromatic ring is 1. The fraction of sp³-hybridized carbons (Fsp3) is 0.231. The van der Waals surface area contributed by atoms with Crippen molar-refractivity contribution >= 4 is 17.7 Å². The molecule has 5 heteroatoms. The maximum Gasteiger partial charge on any atom is 0.221 e. The molecule has 0 saturated heterocycles. The van der Waals surface area contributed by atoms with Crippen LogP contribution in [0.3, 0.4) is 0 Å². The minimum Gasteiger partial charge on any atom is -0.497 e. The molecule has 0 aliphatic carbocycles. The summed E-state index contributed by atoms with van der Waals surface area (Å²) < 4.78 is 5.15. The normalized spacial score (nSPS) is 10.4. The van der Waals surface area contributed by atoms with Gasteiger partial charge in [-0.25, -0.2) is 9.97 Å². The zero-order chi connectivity index (χ0) is 13.1. The molecular formula is C13H15N3OS. The molecule has 0 aliphatic rings. The summed E-state index contributed by atoms with van der Waals surface area (Å²) in [6.45, 7) is 1.94. The molecule has 1 aromatic carbocycles. The summed E-state index contributed by atoms with van der Waals surface area (Å²) in [4.78, 5) is 8.49. The van der Waals surface area contributed by atoms with Gasteiger partial charge in [-0.15, -0.1) is 11.8 Å². The lowest BCUT2D eigenvalue weighted by atomic mass is 10.1. The number of aromatic nitrogens is 2. The molecule has 0 aliphatic heterocycles. The van der Waals surface area contributed by atoms with Crippen molar-refractivity contribution in [3.63, 3.8) is 0 Å². The Labute approximate surface area is 111 Å². The van der Waals surface area contributed by atoms with Crippen molar-refractivity contribution < 1.29 is 4.74 Å². The van der Waals surface area contributed by atoms with Crippen LogP contribution in [0.25, 0.3) is 11.1 Å². The second-order valence-corrected chi connectivity index (χ2v) is 4.57. The zero-order valence-electron chi connectivity index (χ0n) is 10.6. The molecule has 2 aromatic rings. The van der Waals surface area contributed by atoms with E-state index in [1.165, 1.54) is 0 Å². The van der Waals surface area contributed by atoms with E-state index in [1.54, 1.807) is 18.9 Å². The number of rotatable bonds is 3. The summed E-state index contributed by atoms with van der Waals surface area (Å²) in [5.41, 5.74) is 8.65. The Morgan fingerprint density at radius 1 is 1.17 bits per heavy atom. The fourth-order valence-electron chi connectivity index (χ4n) is 1.81. The molecule has 0 bridgehead atoms. The Morgan fingerprint density at radius 2 is 1.83 bits per heavy atom. The third kappa shape index (κ3) is 2.41. The zero-order valence-corrected chi connectivity index (χ0v) is 11.4. The van der Waals surface area contributed by atoms with Gasteiger partial charge in [-0.1, -0.05) is 12.1 Å². The first-order chi connectivity index (χ1) is 8.65. The van der Waals surface area contributed by atoms with Crippen LogP contribution >= 0.6 is 11.8 Å². The molecule has 4 nitrogen and oxygen atoms in total. The molecule has 94 valence electrons. The lowest BCUT2D eigenvalue weighted by molar-refractivity contribution is 0.415. The van der Waals surface area contributed by atoms with Crippen molar-refractivity contribution in [2.45, 2.75) is 11.9 Å².